The highest BCUT2D eigenvalue weighted by Crippen LogP contribution is 2.14. The van der Waals surface area contributed by atoms with Crippen LogP contribution in [0.15, 0.2) is 49.2 Å². The van der Waals surface area contributed by atoms with Gasteiger partial charge in [-0.05, 0) is 12.1 Å². The van der Waals surface area contributed by atoms with E-state index in [1.54, 1.807) is 24.8 Å². The quantitative estimate of drug-likeness (QED) is 0.721. The summed E-state index contributed by atoms with van der Waals surface area (Å²) in [5.41, 5.74) is 0.739. The van der Waals surface area contributed by atoms with Gasteiger partial charge in [0.05, 0.1) is 12.4 Å². The van der Waals surface area contributed by atoms with Crippen LogP contribution in [-0.2, 0) is 13.7 Å². The smallest absolute Gasteiger partial charge is 0.178 e. The Balaban J connectivity index is 1.69. The molecule has 3 heterocycles. The van der Waals surface area contributed by atoms with Crippen LogP contribution in [0.1, 0.15) is 5.82 Å². The molecule has 0 N–H and O–H groups in total. The van der Waals surface area contributed by atoms with Crippen LogP contribution >= 0.6 is 0 Å². The molecule has 0 unspecified atom stereocenters. The van der Waals surface area contributed by atoms with Crippen molar-refractivity contribution in [3.8, 4) is 17.3 Å². The summed E-state index contributed by atoms with van der Waals surface area (Å²) in [5.74, 6) is 2.03. The molecule has 6 nitrogen and oxygen atoms in total. The molecule has 0 aromatic carbocycles. The van der Waals surface area contributed by atoms with Gasteiger partial charge in [-0.15, -0.1) is 0 Å². The van der Waals surface area contributed by atoms with Crippen LogP contribution in [0.25, 0.3) is 11.5 Å². The first kappa shape index (κ1) is 12.3. The van der Waals surface area contributed by atoms with E-state index in [0.717, 1.165) is 11.5 Å². The Kier molecular flexibility index (Phi) is 3.36. The maximum atomic E-state index is 5.59. The maximum Gasteiger partial charge on any atom is 0.178 e. The monoisotopic (exact) mass is 267 g/mol. The van der Waals surface area contributed by atoms with Gasteiger partial charge in [-0.1, -0.05) is 6.07 Å². The lowest BCUT2D eigenvalue weighted by Crippen LogP contribution is -2.03. The van der Waals surface area contributed by atoms with Crippen molar-refractivity contribution in [2.45, 2.75) is 6.61 Å². The Morgan fingerprint density at radius 3 is 2.55 bits per heavy atom. The zero-order chi connectivity index (χ0) is 13.8. The summed E-state index contributed by atoms with van der Waals surface area (Å²) >= 11 is 0. The van der Waals surface area contributed by atoms with Crippen LogP contribution in [0.3, 0.4) is 0 Å². The molecule has 0 aliphatic rings. The van der Waals surface area contributed by atoms with Crippen LogP contribution in [-0.4, -0.2) is 24.5 Å². The average Bonchev–Trinajstić information content (AvgIpc) is 2.92. The van der Waals surface area contributed by atoms with E-state index in [9.17, 15) is 0 Å². The first-order valence-electron chi connectivity index (χ1n) is 6.15. The number of imidazole rings is 1. The Bertz CT molecular complexity index is 678. The summed E-state index contributed by atoms with van der Waals surface area (Å²) in [6.45, 7) is 0.385. The van der Waals surface area contributed by atoms with E-state index in [-0.39, 0.29) is 0 Å². The van der Waals surface area contributed by atoms with Crippen molar-refractivity contribution < 1.29 is 4.74 Å². The fourth-order valence-corrected chi connectivity index (χ4v) is 1.70. The van der Waals surface area contributed by atoms with E-state index in [1.165, 1.54) is 0 Å². The molecule has 0 aliphatic carbocycles. The molecule has 6 heteroatoms. The number of pyridine rings is 1. The molecule has 3 rings (SSSR count). The number of ether oxygens (including phenoxy) is 1. The third-order valence-corrected chi connectivity index (χ3v) is 2.81. The molecule has 0 aliphatic heterocycles. The van der Waals surface area contributed by atoms with Gasteiger partial charge in [0.25, 0.3) is 0 Å². The molecular weight excluding hydrogens is 254 g/mol. The van der Waals surface area contributed by atoms with E-state index in [1.807, 2.05) is 36.0 Å². The molecule has 0 radical (unpaired) electrons. The molecule has 0 saturated heterocycles. The van der Waals surface area contributed by atoms with Gasteiger partial charge in [-0.25, -0.2) is 15.0 Å². The van der Waals surface area contributed by atoms with Crippen molar-refractivity contribution in [1.82, 2.24) is 24.5 Å². The van der Waals surface area contributed by atoms with E-state index in [2.05, 4.69) is 19.9 Å². The summed E-state index contributed by atoms with van der Waals surface area (Å²) in [7, 11) is 1.92. The van der Waals surface area contributed by atoms with Gasteiger partial charge in [0.15, 0.2) is 11.6 Å². The van der Waals surface area contributed by atoms with Gasteiger partial charge in [0, 0.05) is 25.6 Å². The van der Waals surface area contributed by atoms with E-state index >= 15 is 0 Å². The Labute approximate surface area is 116 Å². The minimum Gasteiger partial charge on any atom is -0.482 e. The topological polar surface area (TPSA) is 65.7 Å². The van der Waals surface area contributed by atoms with Crippen molar-refractivity contribution >= 4 is 0 Å². The molecule has 0 amide bonds. The second-order valence-corrected chi connectivity index (χ2v) is 4.20. The summed E-state index contributed by atoms with van der Waals surface area (Å²) in [5, 5.41) is 0. The molecule has 0 fully saturated rings. The molecule has 3 aromatic rings. The minimum atomic E-state index is 0.385. The number of rotatable bonds is 4. The van der Waals surface area contributed by atoms with Gasteiger partial charge < -0.3 is 9.30 Å². The van der Waals surface area contributed by atoms with E-state index in [4.69, 9.17) is 4.74 Å². The third-order valence-electron chi connectivity index (χ3n) is 2.81. The highest BCUT2D eigenvalue weighted by Gasteiger charge is 2.04. The molecule has 100 valence electrons. The Morgan fingerprint density at radius 1 is 1.05 bits per heavy atom. The molecule has 0 saturated carbocycles. The summed E-state index contributed by atoms with van der Waals surface area (Å²) in [6, 6.07) is 5.62. The van der Waals surface area contributed by atoms with Crippen molar-refractivity contribution in [1.29, 1.82) is 0 Å². The minimum absolute atomic E-state index is 0.385. The number of nitrogens with zero attached hydrogens (tertiary/aromatic N) is 5. The van der Waals surface area contributed by atoms with Crippen LogP contribution in [0, 0.1) is 0 Å². The van der Waals surface area contributed by atoms with Crippen LogP contribution < -0.4 is 4.74 Å². The van der Waals surface area contributed by atoms with Crippen molar-refractivity contribution in [2.24, 2.45) is 7.05 Å². The number of hydrogen-bond acceptors (Lipinski definition) is 5. The number of aryl methyl sites for hydroxylation is 1. The SMILES string of the molecule is Cn1ccnc1COc1cnc(-c2ccccn2)nc1. The fraction of sp³-hybridized carbons (Fsp3) is 0.143. The highest BCUT2D eigenvalue weighted by molar-refractivity contribution is 5.48. The second-order valence-electron chi connectivity index (χ2n) is 4.20. The normalized spacial score (nSPS) is 10.4. The predicted molar refractivity (Wildman–Crippen MR) is 72.8 cm³/mol. The number of hydrogen-bond donors (Lipinski definition) is 0. The Hall–Kier alpha value is -2.76. The predicted octanol–water partition coefficient (Wildman–Crippen LogP) is 1.85. The number of aromatic nitrogens is 5. The molecule has 0 atom stereocenters. The van der Waals surface area contributed by atoms with Crippen molar-refractivity contribution in [3.63, 3.8) is 0 Å². The maximum absolute atomic E-state index is 5.59. The summed E-state index contributed by atoms with van der Waals surface area (Å²) < 4.78 is 7.50. The second kappa shape index (κ2) is 5.48. The zero-order valence-corrected chi connectivity index (χ0v) is 11.0. The lowest BCUT2D eigenvalue weighted by Gasteiger charge is -2.06. The lowest BCUT2D eigenvalue weighted by atomic mass is 10.3. The van der Waals surface area contributed by atoms with Crippen LogP contribution in [0.5, 0.6) is 5.75 Å². The molecule has 0 spiro atoms. The van der Waals surface area contributed by atoms with Crippen LogP contribution in [0.4, 0.5) is 0 Å². The van der Waals surface area contributed by atoms with Gasteiger partial charge >= 0.3 is 0 Å². The van der Waals surface area contributed by atoms with Gasteiger partial charge in [-0.2, -0.15) is 0 Å². The molecule has 3 aromatic heterocycles. The largest absolute Gasteiger partial charge is 0.482 e. The zero-order valence-electron chi connectivity index (χ0n) is 11.0. The summed E-state index contributed by atoms with van der Waals surface area (Å²) in [4.78, 5) is 16.9. The highest BCUT2D eigenvalue weighted by atomic mass is 16.5. The third kappa shape index (κ3) is 2.64. The standard InChI is InChI=1S/C14H13N5O/c1-19-7-6-16-13(19)10-20-11-8-17-14(18-9-11)12-4-2-3-5-15-12/h2-9H,10H2,1H3. The van der Waals surface area contributed by atoms with Gasteiger partial charge in [0.1, 0.15) is 18.1 Å². The first-order valence-corrected chi connectivity index (χ1v) is 6.15. The first-order chi connectivity index (χ1) is 9.83. The van der Waals surface area contributed by atoms with Crippen molar-refractivity contribution in [2.75, 3.05) is 0 Å². The summed E-state index contributed by atoms with van der Waals surface area (Å²) in [6.07, 6.45) is 8.60. The average molecular weight is 267 g/mol. The van der Waals surface area contributed by atoms with Crippen molar-refractivity contribution in [3.05, 3.63) is 55.0 Å². The Morgan fingerprint density at radius 2 is 1.90 bits per heavy atom. The van der Waals surface area contributed by atoms with E-state index < -0.39 is 0 Å². The molecule has 0 bridgehead atoms. The lowest BCUT2D eigenvalue weighted by molar-refractivity contribution is 0.289. The van der Waals surface area contributed by atoms with Gasteiger partial charge in [-0.3, -0.25) is 4.98 Å². The van der Waals surface area contributed by atoms with Crippen LogP contribution in [0.2, 0.25) is 0 Å². The van der Waals surface area contributed by atoms with E-state index in [0.29, 0.717) is 18.2 Å². The van der Waals surface area contributed by atoms with Gasteiger partial charge in [0.2, 0.25) is 0 Å². The molecular formula is C14H13N5O. The fourth-order valence-electron chi connectivity index (χ4n) is 1.70. The molecule has 20 heavy (non-hydrogen) atoms.